The highest BCUT2D eigenvalue weighted by Gasteiger charge is 2.25. The van der Waals surface area contributed by atoms with Gasteiger partial charge >= 0.3 is 0 Å². The van der Waals surface area contributed by atoms with Crippen LogP contribution in [0, 0.1) is 13.8 Å². The van der Waals surface area contributed by atoms with Gasteiger partial charge in [-0.25, -0.2) is 15.0 Å². The molecule has 43 heavy (non-hydrogen) atoms. The van der Waals surface area contributed by atoms with Crippen molar-refractivity contribution < 1.29 is 0 Å². The maximum absolute atomic E-state index is 5.12. The summed E-state index contributed by atoms with van der Waals surface area (Å²) in [5.41, 5.74) is 7.92. The second kappa shape index (κ2) is 13.6. The van der Waals surface area contributed by atoms with Gasteiger partial charge in [-0.2, -0.15) is 0 Å². The molecular formula is C35H42ClN7. The number of nitrogens with zero attached hydrogens (tertiary/aromatic N) is 7. The summed E-state index contributed by atoms with van der Waals surface area (Å²) in [6.45, 7) is 12.1. The Hall–Kier alpha value is -3.94. The van der Waals surface area contributed by atoms with Crippen LogP contribution in [0.25, 0.3) is 28.2 Å². The Labute approximate surface area is 261 Å². The van der Waals surface area contributed by atoms with Gasteiger partial charge < -0.3 is 9.80 Å². The topological polar surface area (TPSA) is 53.3 Å². The number of para-hydroxylation sites is 1. The Bertz CT molecular complexity index is 1640. The van der Waals surface area contributed by atoms with Gasteiger partial charge in [-0.05, 0) is 69.5 Å². The number of benzene rings is 3. The normalized spacial score (nSPS) is 15.4. The number of fused-ring (bicyclic) bond motifs is 1. The Morgan fingerprint density at radius 3 is 2.35 bits per heavy atom. The van der Waals surface area contributed by atoms with Crippen molar-refractivity contribution in [3.05, 3.63) is 96.3 Å². The molecule has 1 atom stereocenters. The van der Waals surface area contributed by atoms with Gasteiger partial charge in [-0.1, -0.05) is 60.7 Å². The molecule has 6 rings (SSSR count). The van der Waals surface area contributed by atoms with Crippen LogP contribution < -0.4 is 9.80 Å². The van der Waals surface area contributed by atoms with Crippen molar-refractivity contribution in [2.45, 2.75) is 39.7 Å². The minimum Gasteiger partial charge on any atom is -0.368 e. The van der Waals surface area contributed by atoms with Crippen LogP contribution in [0.15, 0.2) is 85.2 Å². The van der Waals surface area contributed by atoms with Gasteiger partial charge in [0, 0.05) is 56.2 Å². The summed E-state index contributed by atoms with van der Waals surface area (Å²) in [7, 11) is 2.12. The number of unbranched alkanes of at least 4 members (excludes halogenated alkanes) is 1. The summed E-state index contributed by atoms with van der Waals surface area (Å²) in [6, 6.07) is 27.9. The first kappa shape index (κ1) is 30.5. The van der Waals surface area contributed by atoms with Gasteiger partial charge in [-0.3, -0.25) is 9.47 Å². The number of rotatable bonds is 9. The van der Waals surface area contributed by atoms with Crippen LogP contribution >= 0.6 is 12.4 Å². The highest BCUT2D eigenvalue weighted by Crippen LogP contribution is 2.31. The maximum atomic E-state index is 5.12. The number of hydrogen-bond donors (Lipinski definition) is 0. The van der Waals surface area contributed by atoms with Gasteiger partial charge in [0.1, 0.15) is 12.2 Å². The smallest absolute Gasteiger partial charge is 0.170 e. The van der Waals surface area contributed by atoms with Crippen molar-refractivity contribution >= 4 is 35.1 Å². The first-order chi connectivity index (χ1) is 20.5. The van der Waals surface area contributed by atoms with Crippen molar-refractivity contribution in [1.82, 2.24) is 24.4 Å². The number of aryl methyl sites for hydroxylation is 1. The molecule has 0 spiro atoms. The van der Waals surface area contributed by atoms with Crippen molar-refractivity contribution in [2.24, 2.45) is 0 Å². The SMILES string of the molecule is Cc1cccc(N2CCN(CCCCN(C)c3ncnc4c3nc(-c3ccccc3)n4-c3ccccc3)[C@H](C)C2)c1C.Cl. The van der Waals surface area contributed by atoms with Crippen LogP contribution in [0.5, 0.6) is 0 Å². The summed E-state index contributed by atoms with van der Waals surface area (Å²) in [4.78, 5) is 22.0. The first-order valence-electron chi connectivity index (χ1n) is 15.1. The molecule has 0 saturated carbocycles. The first-order valence-corrected chi connectivity index (χ1v) is 15.1. The molecule has 1 aliphatic rings. The van der Waals surface area contributed by atoms with Gasteiger partial charge in [-0.15, -0.1) is 12.4 Å². The van der Waals surface area contributed by atoms with E-state index in [0.717, 1.165) is 79.6 Å². The highest BCUT2D eigenvalue weighted by molar-refractivity contribution is 5.88. The minimum atomic E-state index is 0. The van der Waals surface area contributed by atoms with Crippen LogP contribution in [0.2, 0.25) is 0 Å². The number of halogens is 1. The Kier molecular flexibility index (Phi) is 9.63. The molecule has 224 valence electrons. The van der Waals surface area contributed by atoms with Crippen LogP contribution in [0.4, 0.5) is 11.5 Å². The molecule has 8 heteroatoms. The van der Waals surface area contributed by atoms with Crippen LogP contribution in [-0.4, -0.2) is 70.2 Å². The molecule has 2 aromatic heterocycles. The molecule has 3 heterocycles. The van der Waals surface area contributed by atoms with E-state index in [-0.39, 0.29) is 12.4 Å². The molecule has 1 aliphatic heterocycles. The fourth-order valence-electron chi connectivity index (χ4n) is 6.16. The van der Waals surface area contributed by atoms with E-state index < -0.39 is 0 Å². The Morgan fingerprint density at radius 2 is 1.60 bits per heavy atom. The molecule has 5 aromatic rings. The van der Waals surface area contributed by atoms with E-state index in [2.05, 4.69) is 102 Å². The van der Waals surface area contributed by atoms with Gasteiger partial charge in [0.15, 0.2) is 17.0 Å². The van der Waals surface area contributed by atoms with Gasteiger partial charge in [0.2, 0.25) is 0 Å². The third-order valence-electron chi connectivity index (χ3n) is 8.70. The monoisotopic (exact) mass is 595 g/mol. The highest BCUT2D eigenvalue weighted by atomic mass is 35.5. The molecule has 7 nitrogen and oxygen atoms in total. The van der Waals surface area contributed by atoms with E-state index in [9.17, 15) is 0 Å². The van der Waals surface area contributed by atoms with Crippen molar-refractivity contribution in [2.75, 3.05) is 49.6 Å². The van der Waals surface area contributed by atoms with E-state index in [4.69, 9.17) is 15.0 Å². The lowest BCUT2D eigenvalue weighted by Crippen LogP contribution is -2.52. The summed E-state index contributed by atoms with van der Waals surface area (Å²) in [6.07, 6.45) is 3.91. The zero-order chi connectivity index (χ0) is 29.1. The van der Waals surface area contributed by atoms with E-state index in [1.807, 2.05) is 24.3 Å². The number of imidazole rings is 1. The largest absolute Gasteiger partial charge is 0.368 e. The zero-order valence-corrected chi connectivity index (χ0v) is 26.5. The maximum Gasteiger partial charge on any atom is 0.170 e. The number of aromatic nitrogens is 4. The van der Waals surface area contributed by atoms with Crippen LogP contribution in [0.3, 0.4) is 0 Å². The second-order valence-electron chi connectivity index (χ2n) is 11.5. The lowest BCUT2D eigenvalue weighted by atomic mass is 10.1. The van der Waals surface area contributed by atoms with Crippen molar-refractivity contribution in [3.63, 3.8) is 0 Å². The lowest BCUT2D eigenvalue weighted by molar-refractivity contribution is 0.186. The fraction of sp³-hybridized carbons (Fsp3) is 0.343. The van der Waals surface area contributed by atoms with Gasteiger partial charge in [0.25, 0.3) is 0 Å². The molecule has 0 bridgehead atoms. The molecular weight excluding hydrogens is 554 g/mol. The Morgan fingerprint density at radius 1 is 0.860 bits per heavy atom. The summed E-state index contributed by atoms with van der Waals surface area (Å²) >= 11 is 0. The number of hydrogen-bond acceptors (Lipinski definition) is 6. The Balaban J connectivity index is 0.00000368. The summed E-state index contributed by atoms with van der Waals surface area (Å²) in [5.74, 6) is 1.75. The van der Waals surface area contributed by atoms with E-state index in [1.165, 1.54) is 16.8 Å². The van der Waals surface area contributed by atoms with E-state index in [1.54, 1.807) is 6.33 Å². The molecule has 1 saturated heterocycles. The fourth-order valence-corrected chi connectivity index (χ4v) is 6.16. The lowest BCUT2D eigenvalue weighted by Gasteiger charge is -2.41. The summed E-state index contributed by atoms with van der Waals surface area (Å²) in [5, 5.41) is 0. The van der Waals surface area contributed by atoms with Crippen molar-refractivity contribution in [3.8, 4) is 17.1 Å². The molecule has 0 radical (unpaired) electrons. The predicted octanol–water partition coefficient (Wildman–Crippen LogP) is 6.95. The second-order valence-corrected chi connectivity index (χ2v) is 11.5. The van der Waals surface area contributed by atoms with Crippen LogP contribution in [-0.2, 0) is 0 Å². The molecule has 0 N–H and O–H groups in total. The average Bonchev–Trinajstić information content (AvgIpc) is 3.42. The predicted molar refractivity (Wildman–Crippen MR) is 181 cm³/mol. The van der Waals surface area contributed by atoms with Crippen LogP contribution in [0.1, 0.15) is 30.9 Å². The molecule has 1 fully saturated rings. The number of piperazine rings is 1. The summed E-state index contributed by atoms with van der Waals surface area (Å²) < 4.78 is 2.14. The standard InChI is InChI=1S/C35H41N7.ClH/c1-26-14-13-19-31(28(26)3)41-23-22-40(27(2)24-41)21-12-11-20-39(4)34-32-35(37-25-36-34)42(30-17-9-6-10-18-30)33(38-32)29-15-7-5-8-16-29;/h5-10,13-19,25,27H,11-12,20-24H2,1-4H3;1H/t27-;/m1./s1. The zero-order valence-electron chi connectivity index (χ0n) is 25.6. The molecule has 0 unspecified atom stereocenters. The third-order valence-corrected chi connectivity index (χ3v) is 8.70. The number of anilines is 2. The molecule has 3 aromatic carbocycles. The third kappa shape index (κ3) is 6.38. The van der Waals surface area contributed by atoms with Gasteiger partial charge in [0.05, 0.1) is 0 Å². The average molecular weight is 596 g/mol. The molecule has 0 aliphatic carbocycles. The minimum absolute atomic E-state index is 0. The quantitative estimate of drug-likeness (QED) is 0.172. The van der Waals surface area contributed by atoms with Crippen molar-refractivity contribution in [1.29, 1.82) is 0 Å². The van der Waals surface area contributed by atoms with E-state index >= 15 is 0 Å². The molecule has 0 amide bonds. The van der Waals surface area contributed by atoms with E-state index in [0.29, 0.717) is 6.04 Å².